The van der Waals surface area contributed by atoms with Crippen LogP contribution in [0.5, 0.6) is 0 Å². The Morgan fingerprint density at radius 3 is 2.23 bits per heavy atom. The van der Waals surface area contributed by atoms with Crippen molar-refractivity contribution in [2.45, 2.75) is 59.3 Å². The third kappa shape index (κ3) is 7.31. The van der Waals surface area contributed by atoms with E-state index in [0.717, 1.165) is 72.3 Å². The van der Waals surface area contributed by atoms with Gasteiger partial charge < -0.3 is 14.0 Å². The van der Waals surface area contributed by atoms with E-state index >= 15 is 0 Å². The first-order valence-corrected chi connectivity index (χ1v) is 20.9. The molecule has 0 atom stereocenters. The van der Waals surface area contributed by atoms with E-state index in [-0.39, 0.29) is 32.0 Å². The van der Waals surface area contributed by atoms with E-state index in [1.807, 2.05) is 86.8 Å². The number of hydrogen-bond acceptors (Lipinski definition) is 3. The maximum Gasteiger partial charge on any atom is 0.123 e. The Morgan fingerprint density at radius 2 is 1.54 bits per heavy atom. The Morgan fingerprint density at radius 1 is 0.808 bits per heavy atom. The van der Waals surface area contributed by atoms with Crippen molar-refractivity contribution in [3.05, 3.63) is 139 Å². The fourth-order valence-electron chi connectivity index (χ4n) is 6.64. The van der Waals surface area contributed by atoms with Gasteiger partial charge in [-0.1, -0.05) is 86.4 Å². The van der Waals surface area contributed by atoms with Gasteiger partial charge in [-0.3, -0.25) is 4.98 Å². The van der Waals surface area contributed by atoms with E-state index in [0.29, 0.717) is 0 Å². The summed E-state index contributed by atoms with van der Waals surface area (Å²) < 4.78 is 30.4. The van der Waals surface area contributed by atoms with Crippen LogP contribution in [0.25, 0.3) is 66.7 Å². The molecule has 0 saturated carbocycles. The molecular formula is C45H42FIrN3OSi-2. The van der Waals surface area contributed by atoms with Crippen molar-refractivity contribution in [3.8, 4) is 33.8 Å². The zero-order chi connectivity index (χ0) is 36.8. The first-order valence-electron chi connectivity index (χ1n) is 17.9. The number of hydrogen-bond donors (Lipinski definition) is 0. The summed E-state index contributed by atoms with van der Waals surface area (Å²) in [4.78, 5) is 9.54. The molecule has 8 rings (SSSR count). The molecule has 0 spiro atoms. The van der Waals surface area contributed by atoms with Crippen molar-refractivity contribution in [1.82, 2.24) is 14.5 Å². The van der Waals surface area contributed by atoms with Crippen molar-refractivity contribution in [3.63, 3.8) is 0 Å². The second-order valence-corrected chi connectivity index (χ2v) is 19.5. The van der Waals surface area contributed by atoms with Gasteiger partial charge in [0.1, 0.15) is 11.4 Å². The van der Waals surface area contributed by atoms with Gasteiger partial charge >= 0.3 is 0 Å². The van der Waals surface area contributed by atoms with Crippen LogP contribution in [-0.2, 0) is 20.1 Å². The van der Waals surface area contributed by atoms with Crippen molar-refractivity contribution in [1.29, 1.82) is 0 Å². The molecule has 7 heteroatoms. The predicted molar refractivity (Wildman–Crippen MR) is 213 cm³/mol. The van der Waals surface area contributed by atoms with Gasteiger partial charge in [-0.25, -0.2) is 4.39 Å². The van der Waals surface area contributed by atoms with Crippen molar-refractivity contribution >= 4 is 46.2 Å². The van der Waals surface area contributed by atoms with E-state index in [1.54, 1.807) is 12.1 Å². The summed E-state index contributed by atoms with van der Waals surface area (Å²) in [5.74, 6) is 0.00339. The summed E-state index contributed by atoms with van der Waals surface area (Å²) in [6, 6.07) is 41.5. The van der Waals surface area contributed by atoms with Gasteiger partial charge in [-0.15, -0.1) is 54.1 Å². The van der Waals surface area contributed by atoms with Crippen LogP contribution in [0.3, 0.4) is 0 Å². The number of pyridine rings is 1. The Hall–Kier alpha value is -4.68. The van der Waals surface area contributed by atoms with E-state index < -0.39 is 14.0 Å². The van der Waals surface area contributed by atoms with Gasteiger partial charge in [0.15, 0.2) is 0 Å². The molecule has 0 aliphatic heterocycles. The zero-order valence-corrected chi connectivity index (χ0v) is 33.9. The number of nitrogens with zero attached hydrogens (tertiary/aromatic N) is 3. The van der Waals surface area contributed by atoms with Crippen molar-refractivity contribution in [2.24, 2.45) is 0 Å². The molecule has 0 fully saturated rings. The summed E-state index contributed by atoms with van der Waals surface area (Å²) in [6.07, 6.45) is 1.98. The molecule has 52 heavy (non-hydrogen) atoms. The Labute approximate surface area is 321 Å². The minimum atomic E-state index is -1.50. The monoisotopic (exact) mass is 881 g/mol. The minimum absolute atomic E-state index is 0. The van der Waals surface area contributed by atoms with Gasteiger partial charge in [-0.05, 0) is 78.1 Å². The van der Waals surface area contributed by atoms with E-state index in [1.165, 1.54) is 17.3 Å². The van der Waals surface area contributed by atoms with Crippen LogP contribution >= 0.6 is 0 Å². The summed E-state index contributed by atoms with van der Waals surface area (Å²) in [5.41, 5.74) is 9.45. The summed E-state index contributed by atoms with van der Waals surface area (Å²) in [5, 5.41) is 3.31. The van der Waals surface area contributed by atoms with E-state index in [2.05, 4.69) is 73.4 Å². The molecule has 0 aliphatic rings. The molecule has 5 aromatic carbocycles. The molecule has 0 amide bonds. The number of benzene rings is 5. The number of halogens is 1. The molecular weight excluding hydrogens is 838 g/mol. The normalized spacial score (nSPS) is 12.1. The largest absolute Gasteiger partial charge is 0.501 e. The fraction of sp³-hybridized carbons (Fsp3) is 0.200. The molecule has 3 heterocycles. The molecule has 1 radical (unpaired) electrons. The number of para-hydroxylation sites is 2. The Balaban J connectivity index is 0.000000199. The van der Waals surface area contributed by atoms with Crippen molar-refractivity contribution < 1.29 is 30.3 Å². The zero-order valence-electron chi connectivity index (χ0n) is 31.5. The van der Waals surface area contributed by atoms with E-state index in [9.17, 15) is 4.39 Å². The molecule has 8 aromatic rings. The smallest absolute Gasteiger partial charge is 0.123 e. The maximum absolute atomic E-state index is 13.4. The number of aromatic nitrogens is 3. The van der Waals surface area contributed by atoms with Crippen LogP contribution in [0.1, 0.15) is 46.6 Å². The van der Waals surface area contributed by atoms with Crippen LogP contribution in [-0.4, -0.2) is 22.6 Å². The first-order chi connectivity index (χ1) is 24.8. The van der Waals surface area contributed by atoms with E-state index in [4.69, 9.17) is 10.8 Å². The molecule has 3 aromatic heterocycles. The number of furan rings is 1. The van der Waals surface area contributed by atoms with Gasteiger partial charge in [-0.2, -0.15) is 0 Å². The molecule has 4 nitrogen and oxygen atoms in total. The number of imidazole rings is 1. The molecule has 0 bridgehead atoms. The van der Waals surface area contributed by atoms with Gasteiger partial charge in [0.25, 0.3) is 0 Å². The van der Waals surface area contributed by atoms with Crippen LogP contribution in [0.2, 0.25) is 19.6 Å². The summed E-state index contributed by atoms with van der Waals surface area (Å²) >= 11 is 0. The standard InChI is InChI=1S/C28H20FN2O.C17H22NSi.Ir/c1-17(2)31-25-9-4-3-8-24(25)30-28(31)22-7-5-6-21-23-16-19(12-15-26(23)32-27(21)22)18-10-13-20(29)14-11-18;1-13(2)15-11-16(14-9-7-6-8-10-14)18-12-17(15)19(3,4)5;/h3-6,8-17H,1-2H3;6-9,11-13H,1-5H3;/q2*-1;/i;13D;. The molecule has 265 valence electrons. The molecule has 0 aliphatic carbocycles. The second-order valence-electron chi connectivity index (χ2n) is 14.4. The average molecular weight is 881 g/mol. The quantitative estimate of drug-likeness (QED) is 0.123. The third-order valence-electron chi connectivity index (χ3n) is 9.18. The SMILES string of the molecule is CC(C)n1c(-c2[c-]ccc3c2oc2ccc(-c4ccc(F)cc4)cc23)nc2ccccc21.[2H]C(C)(C)c1cc(-c2[c-]cccc2)ncc1[Si](C)(C)C.[Ir]. The Bertz CT molecular complexity index is 2530. The van der Waals surface area contributed by atoms with Gasteiger partial charge in [0.2, 0.25) is 0 Å². The van der Waals surface area contributed by atoms with Gasteiger partial charge in [0, 0.05) is 39.1 Å². The average Bonchev–Trinajstić information content (AvgIpc) is 3.70. The van der Waals surface area contributed by atoms with Crippen LogP contribution < -0.4 is 5.19 Å². The Kier molecular flexibility index (Phi) is 10.4. The first kappa shape index (κ1) is 35.7. The summed E-state index contributed by atoms with van der Waals surface area (Å²) in [6.45, 7) is 15.1. The van der Waals surface area contributed by atoms with Crippen LogP contribution in [0.15, 0.2) is 120 Å². The number of rotatable bonds is 6. The van der Waals surface area contributed by atoms with Crippen LogP contribution in [0, 0.1) is 17.9 Å². The van der Waals surface area contributed by atoms with Gasteiger partial charge in [0.05, 0.1) is 30.5 Å². The maximum atomic E-state index is 13.4. The predicted octanol–water partition coefficient (Wildman–Crippen LogP) is 12.0. The fourth-order valence-corrected chi connectivity index (χ4v) is 8.22. The molecule has 0 unspecified atom stereocenters. The number of fused-ring (bicyclic) bond motifs is 4. The molecule has 0 saturated heterocycles. The van der Waals surface area contributed by atoms with Crippen molar-refractivity contribution in [2.75, 3.05) is 0 Å². The second kappa shape index (κ2) is 15.1. The summed E-state index contributed by atoms with van der Waals surface area (Å²) in [7, 11) is -1.50. The minimum Gasteiger partial charge on any atom is -0.501 e. The van der Waals surface area contributed by atoms with Crippen LogP contribution in [0.4, 0.5) is 4.39 Å². The third-order valence-corrected chi connectivity index (χ3v) is 11.2. The topological polar surface area (TPSA) is 43.9 Å². The molecule has 0 N–H and O–H groups in total.